The van der Waals surface area contributed by atoms with Crippen LogP contribution in [-0.2, 0) is 0 Å². The zero-order chi connectivity index (χ0) is 14.9. The summed E-state index contributed by atoms with van der Waals surface area (Å²) >= 11 is 3.15. The maximum absolute atomic E-state index is 13.7. The molecule has 5 nitrogen and oxygen atoms in total. The van der Waals surface area contributed by atoms with Crippen LogP contribution in [-0.4, -0.2) is 45.7 Å². The molecule has 1 aromatic rings. The Kier molecular flexibility index (Phi) is 4.10. The number of amides is 1. The van der Waals surface area contributed by atoms with Crippen LogP contribution in [0.4, 0.5) is 9.18 Å². The van der Waals surface area contributed by atoms with Crippen molar-refractivity contribution in [3.05, 3.63) is 34.1 Å². The first kappa shape index (κ1) is 14.9. The fourth-order valence-electron chi connectivity index (χ4n) is 2.22. The van der Waals surface area contributed by atoms with Gasteiger partial charge in [0, 0.05) is 30.4 Å². The van der Waals surface area contributed by atoms with E-state index in [0.717, 1.165) is 11.0 Å². The summed E-state index contributed by atoms with van der Waals surface area (Å²) in [6.45, 7) is 0.0976. The number of hydrogen-bond acceptors (Lipinski definition) is 3. The van der Waals surface area contributed by atoms with Crippen LogP contribution in [0.25, 0.3) is 0 Å². The molecule has 108 valence electrons. The number of likely N-dealkylation sites (tertiary alicyclic amines) is 1. The van der Waals surface area contributed by atoms with Crippen molar-refractivity contribution < 1.29 is 24.2 Å². The number of halogens is 2. The molecule has 0 saturated carbocycles. The van der Waals surface area contributed by atoms with E-state index in [0.29, 0.717) is 4.47 Å². The van der Waals surface area contributed by atoms with Gasteiger partial charge in [0.15, 0.2) is 5.78 Å². The second kappa shape index (κ2) is 5.49. The van der Waals surface area contributed by atoms with Crippen LogP contribution in [0.1, 0.15) is 23.2 Å². The first-order chi connectivity index (χ1) is 9.33. The molecule has 0 spiro atoms. The van der Waals surface area contributed by atoms with Crippen molar-refractivity contribution in [1.82, 2.24) is 4.90 Å². The Morgan fingerprint density at radius 1 is 1.30 bits per heavy atom. The molecule has 1 aromatic carbocycles. The van der Waals surface area contributed by atoms with Gasteiger partial charge in [0.25, 0.3) is 0 Å². The monoisotopic (exact) mass is 345 g/mol. The summed E-state index contributed by atoms with van der Waals surface area (Å²) in [6.07, 6.45) is -1.16. The summed E-state index contributed by atoms with van der Waals surface area (Å²) in [5.41, 5.74) is -1.90. The van der Waals surface area contributed by atoms with Crippen LogP contribution in [0.5, 0.6) is 0 Å². The van der Waals surface area contributed by atoms with Crippen molar-refractivity contribution in [3.8, 4) is 0 Å². The Balaban J connectivity index is 2.21. The van der Waals surface area contributed by atoms with Crippen molar-refractivity contribution in [2.75, 3.05) is 13.1 Å². The average molecular weight is 346 g/mol. The lowest BCUT2D eigenvalue weighted by molar-refractivity contribution is -0.00396. The number of nitrogens with zero attached hydrogens (tertiary/aromatic N) is 1. The number of piperidine rings is 1. The Morgan fingerprint density at radius 2 is 1.90 bits per heavy atom. The minimum atomic E-state index is -1.71. The van der Waals surface area contributed by atoms with E-state index in [1.165, 1.54) is 12.1 Å². The Morgan fingerprint density at radius 3 is 2.45 bits per heavy atom. The second-order valence-electron chi connectivity index (χ2n) is 4.75. The van der Waals surface area contributed by atoms with Gasteiger partial charge < -0.3 is 15.1 Å². The van der Waals surface area contributed by atoms with Gasteiger partial charge in [0.05, 0.1) is 5.56 Å². The summed E-state index contributed by atoms with van der Waals surface area (Å²) in [5.74, 6) is -1.41. The van der Waals surface area contributed by atoms with Gasteiger partial charge in [-0.1, -0.05) is 15.9 Å². The highest BCUT2D eigenvalue weighted by atomic mass is 79.9. The molecule has 20 heavy (non-hydrogen) atoms. The molecule has 7 heteroatoms. The highest BCUT2D eigenvalue weighted by molar-refractivity contribution is 9.10. The van der Waals surface area contributed by atoms with Gasteiger partial charge in [0.2, 0.25) is 0 Å². The molecule has 1 amide bonds. The summed E-state index contributed by atoms with van der Waals surface area (Å²) in [6, 6.07) is 3.93. The maximum atomic E-state index is 13.7. The van der Waals surface area contributed by atoms with Crippen molar-refractivity contribution in [1.29, 1.82) is 0 Å². The number of carboxylic acid groups (broad SMARTS) is 1. The molecule has 2 N–H and O–H groups in total. The normalized spacial score (nSPS) is 17.9. The third-order valence-electron chi connectivity index (χ3n) is 3.46. The van der Waals surface area contributed by atoms with Gasteiger partial charge in [0.1, 0.15) is 11.4 Å². The van der Waals surface area contributed by atoms with Crippen molar-refractivity contribution >= 4 is 27.8 Å². The van der Waals surface area contributed by atoms with Gasteiger partial charge in [-0.3, -0.25) is 4.79 Å². The lowest BCUT2D eigenvalue weighted by atomic mass is 9.84. The van der Waals surface area contributed by atoms with E-state index in [4.69, 9.17) is 5.11 Å². The highest BCUT2D eigenvalue weighted by Gasteiger charge is 2.41. The summed E-state index contributed by atoms with van der Waals surface area (Å²) in [5, 5.41) is 19.2. The molecule has 1 aliphatic rings. The van der Waals surface area contributed by atoms with Crippen molar-refractivity contribution in [2.45, 2.75) is 18.4 Å². The molecular weight excluding hydrogens is 333 g/mol. The van der Waals surface area contributed by atoms with Crippen LogP contribution >= 0.6 is 15.9 Å². The minimum Gasteiger partial charge on any atom is -0.465 e. The fraction of sp³-hybridized carbons (Fsp3) is 0.385. The Bertz CT molecular complexity index is 555. The summed E-state index contributed by atoms with van der Waals surface area (Å²) in [7, 11) is 0. The molecule has 1 saturated heterocycles. The van der Waals surface area contributed by atoms with E-state index in [2.05, 4.69) is 15.9 Å². The topological polar surface area (TPSA) is 77.8 Å². The second-order valence-corrected chi connectivity index (χ2v) is 5.67. The number of carbonyl (C=O) groups is 2. The lowest BCUT2D eigenvalue weighted by Gasteiger charge is -2.35. The maximum Gasteiger partial charge on any atom is 0.407 e. The predicted molar refractivity (Wildman–Crippen MR) is 72.2 cm³/mol. The van der Waals surface area contributed by atoms with Crippen LogP contribution in [0.15, 0.2) is 22.7 Å². The van der Waals surface area contributed by atoms with E-state index in [9.17, 15) is 19.1 Å². The van der Waals surface area contributed by atoms with Crippen molar-refractivity contribution in [3.63, 3.8) is 0 Å². The number of hydrogen-bond donors (Lipinski definition) is 2. The quantitative estimate of drug-likeness (QED) is 0.806. The SMILES string of the molecule is O=C(O)N1CCC(O)(C(=O)c2cc(Br)ccc2F)CC1. The molecule has 0 atom stereocenters. The zero-order valence-electron chi connectivity index (χ0n) is 10.5. The van der Waals surface area contributed by atoms with E-state index in [1.807, 2.05) is 0 Å². The zero-order valence-corrected chi connectivity index (χ0v) is 12.1. The molecule has 1 fully saturated rings. The standard InChI is InChI=1S/C13H13BrFNO4/c14-8-1-2-10(15)9(7-8)11(17)13(20)3-5-16(6-4-13)12(18)19/h1-2,7,20H,3-6H2,(H,18,19). The van der Waals surface area contributed by atoms with E-state index < -0.39 is 23.3 Å². The van der Waals surface area contributed by atoms with Crippen LogP contribution in [0.3, 0.4) is 0 Å². The Hall–Kier alpha value is -1.47. The number of benzene rings is 1. The molecule has 0 unspecified atom stereocenters. The average Bonchev–Trinajstić information content (AvgIpc) is 2.41. The number of rotatable bonds is 2. The molecule has 1 heterocycles. The van der Waals surface area contributed by atoms with Crippen molar-refractivity contribution in [2.24, 2.45) is 0 Å². The van der Waals surface area contributed by atoms with Crippen LogP contribution in [0, 0.1) is 5.82 Å². The van der Waals surface area contributed by atoms with E-state index in [1.54, 1.807) is 0 Å². The largest absolute Gasteiger partial charge is 0.465 e. The van der Waals surface area contributed by atoms with Crippen LogP contribution in [0.2, 0.25) is 0 Å². The van der Waals surface area contributed by atoms with Crippen LogP contribution < -0.4 is 0 Å². The van der Waals surface area contributed by atoms with Gasteiger partial charge >= 0.3 is 6.09 Å². The summed E-state index contributed by atoms with van der Waals surface area (Å²) in [4.78, 5) is 24.2. The molecule has 2 rings (SSSR count). The molecule has 1 aliphatic heterocycles. The van der Waals surface area contributed by atoms with Gasteiger partial charge in [-0.2, -0.15) is 0 Å². The lowest BCUT2D eigenvalue weighted by Crippen LogP contribution is -2.50. The molecule has 0 aromatic heterocycles. The molecule has 0 radical (unpaired) electrons. The first-order valence-electron chi connectivity index (χ1n) is 6.03. The predicted octanol–water partition coefficient (Wildman–Crippen LogP) is 2.28. The van der Waals surface area contributed by atoms with Gasteiger partial charge in [-0.15, -0.1) is 0 Å². The molecular formula is C13H13BrFNO4. The van der Waals surface area contributed by atoms with E-state index >= 15 is 0 Å². The smallest absolute Gasteiger partial charge is 0.407 e. The summed E-state index contributed by atoms with van der Waals surface area (Å²) < 4.78 is 14.2. The third kappa shape index (κ3) is 2.83. The first-order valence-corrected chi connectivity index (χ1v) is 6.83. The number of carbonyl (C=O) groups excluding carboxylic acids is 1. The highest BCUT2D eigenvalue weighted by Crippen LogP contribution is 2.28. The molecule has 0 aliphatic carbocycles. The minimum absolute atomic E-state index is 0.0376. The number of aliphatic hydroxyl groups is 1. The Labute approximate surface area is 123 Å². The van der Waals surface area contributed by atoms with Gasteiger partial charge in [-0.05, 0) is 18.2 Å². The number of Topliss-reactive ketones (excluding diaryl/α,β-unsaturated/α-hetero) is 1. The fourth-order valence-corrected chi connectivity index (χ4v) is 2.58. The third-order valence-corrected chi connectivity index (χ3v) is 3.95. The molecule has 0 bridgehead atoms. The van der Waals surface area contributed by atoms with Gasteiger partial charge in [-0.25, -0.2) is 9.18 Å². The van der Waals surface area contributed by atoms with E-state index in [-0.39, 0.29) is 31.5 Å². The number of ketones is 1.